The Labute approximate surface area is 124 Å². The lowest BCUT2D eigenvalue weighted by atomic mass is 9.81. The van der Waals surface area contributed by atoms with Crippen molar-refractivity contribution >= 4 is 17.6 Å². The van der Waals surface area contributed by atoms with Crippen LogP contribution in [-0.2, 0) is 20.9 Å². The number of rotatable bonds is 5. The van der Waals surface area contributed by atoms with Crippen molar-refractivity contribution in [2.75, 3.05) is 12.4 Å². The number of carbonyl (C=O) groups is 2. The zero-order chi connectivity index (χ0) is 15.2. The molecule has 0 aromatic heterocycles. The molecular formula is C16H21NO4. The number of carboxylic acids is 1. The first kappa shape index (κ1) is 15.5. The van der Waals surface area contributed by atoms with E-state index in [9.17, 15) is 9.59 Å². The molecule has 21 heavy (non-hydrogen) atoms. The summed E-state index contributed by atoms with van der Waals surface area (Å²) in [6, 6.07) is 7.56. The molecule has 0 atom stereocenters. The van der Waals surface area contributed by atoms with Crippen LogP contribution in [0.4, 0.5) is 5.69 Å². The van der Waals surface area contributed by atoms with Crippen LogP contribution in [0, 0.1) is 11.8 Å². The van der Waals surface area contributed by atoms with Crippen molar-refractivity contribution in [2.24, 2.45) is 11.8 Å². The van der Waals surface area contributed by atoms with E-state index in [4.69, 9.17) is 9.84 Å². The first-order chi connectivity index (χ1) is 10.1. The quantitative estimate of drug-likeness (QED) is 0.874. The zero-order valence-corrected chi connectivity index (χ0v) is 12.2. The highest BCUT2D eigenvalue weighted by molar-refractivity contribution is 5.92. The summed E-state index contributed by atoms with van der Waals surface area (Å²) in [7, 11) is 1.63. The van der Waals surface area contributed by atoms with Crippen molar-refractivity contribution in [1.82, 2.24) is 0 Å². The molecule has 1 aliphatic rings. The van der Waals surface area contributed by atoms with Crippen molar-refractivity contribution in [3.8, 4) is 0 Å². The second-order valence-corrected chi connectivity index (χ2v) is 5.51. The molecule has 2 N–H and O–H groups in total. The van der Waals surface area contributed by atoms with Gasteiger partial charge in [0.2, 0.25) is 5.91 Å². The third-order valence-corrected chi connectivity index (χ3v) is 3.95. The smallest absolute Gasteiger partial charge is 0.306 e. The molecule has 1 amide bonds. The molecule has 1 aliphatic carbocycles. The number of carboxylic acid groups (broad SMARTS) is 1. The minimum Gasteiger partial charge on any atom is -0.481 e. The van der Waals surface area contributed by atoms with Crippen LogP contribution in [0.5, 0.6) is 0 Å². The summed E-state index contributed by atoms with van der Waals surface area (Å²) in [6.45, 7) is 0.507. The molecule has 0 bridgehead atoms. The maximum atomic E-state index is 12.2. The Kier molecular flexibility index (Phi) is 5.33. The Bertz CT molecular complexity index is 507. The Morgan fingerprint density at radius 2 is 1.90 bits per heavy atom. The fraction of sp³-hybridized carbons (Fsp3) is 0.500. The monoisotopic (exact) mass is 291 g/mol. The van der Waals surface area contributed by atoms with Crippen LogP contribution in [0.3, 0.4) is 0 Å². The lowest BCUT2D eigenvalue weighted by Gasteiger charge is -2.25. The molecule has 0 aliphatic heterocycles. The predicted molar refractivity (Wildman–Crippen MR) is 78.9 cm³/mol. The molecule has 0 radical (unpaired) electrons. The number of hydrogen-bond donors (Lipinski definition) is 2. The third kappa shape index (κ3) is 4.29. The summed E-state index contributed by atoms with van der Waals surface area (Å²) in [5.41, 5.74) is 1.76. The van der Waals surface area contributed by atoms with Gasteiger partial charge in [-0.3, -0.25) is 9.59 Å². The summed E-state index contributed by atoms with van der Waals surface area (Å²) in [6.07, 6.45) is 2.44. The zero-order valence-electron chi connectivity index (χ0n) is 12.2. The van der Waals surface area contributed by atoms with Crippen LogP contribution < -0.4 is 5.32 Å². The highest BCUT2D eigenvalue weighted by Crippen LogP contribution is 2.29. The van der Waals surface area contributed by atoms with Gasteiger partial charge in [-0.2, -0.15) is 0 Å². The molecule has 5 heteroatoms. The number of amides is 1. The average Bonchev–Trinajstić information content (AvgIpc) is 2.48. The van der Waals surface area contributed by atoms with E-state index in [0.29, 0.717) is 32.3 Å². The number of benzene rings is 1. The van der Waals surface area contributed by atoms with Crippen LogP contribution in [0.1, 0.15) is 31.2 Å². The van der Waals surface area contributed by atoms with Crippen LogP contribution in [0.25, 0.3) is 0 Å². The highest BCUT2D eigenvalue weighted by atomic mass is 16.5. The number of anilines is 1. The van der Waals surface area contributed by atoms with Crippen molar-refractivity contribution in [1.29, 1.82) is 0 Å². The van der Waals surface area contributed by atoms with E-state index in [1.165, 1.54) is 0 Å². The van der Waals surface area contributed by atoms with E-state index in [1.54, 1.807) is 7.11 Å². The fourth-order valence-corrected chi connectivity index (χ4v) is 2.75. The highest BCUT2D eigenvalue weighted by Gasteiger charge is 2.29. The predicted octanol–water partition coefficient (Wildman–Crippen LogP) is 2.66. The number of carbonyl (C=O) groups excluding carboxylic acids is 1. The number of nitrogens with one attached hydrogen (secondary N) is 1. The normalized spacial score (nSPS) is 21.8. The molecule has 1 aromatic carbocycles. The number of ether oxygens (including phenoxy) is 1. The van der Waals surface area contributed by atoms with Gasteiger partial charge < -0.3 is 15.2 Å². The molecule has 114 valence electrons. The molecule has 5 nitrogen and oxygen atoms in total. The molecule has 0 unspecified atom stereocenters. The second kappa shape index (κ2) is 7.22. The number of methoxy groups -OCH3 is 1. The largest absolute Gasteiger partial charge is 0.481 e. The van der Waals surface area contributed by atoms with Gasteiger partial charge in [0.1, 0.15) is 0 Å². The molecule has 1 fully saturated rings. The van der Waals surface area contributed by atoms with Crippen LogP contribution in [0.15, 0.2) is 24.3 Å². The first-order valence-corrected chi connectivity index (χ1v) is 7.21. The van der Waals surface area contributed by atoms with E-state index in [-0.39, 0.29) is 17.7 Å². The summed E-state index contributed by atoms with van der Waals surface area (Å²) in [5, 5.41) is 11.9. The van der Waals surface area contributed by atoms with Crippen molar-refractivity contribution < 1.29 is 19.4 Å². The summed E-state index contributed by atoms with van der Waals surface area (Å²) in [4.78, 5) is 23.1. The lowest BCUT2D eigenvalue weighted by molar-refractivity contribution is -0.143. The minimum absolute atomic E-state index is 0.0200. The van der Waals surface area contributed by atoms with Crippen LogP contribution in [-0.4, -0.2) is 24.1 Å². The van der Waals surface area contributed by atoms with Gasteiger partial charge in [0.15, 0.2) is 0 Å². The molecule has 0 spiro atoms. The summed E-state index contributed by atoms with van der Waals surface area (Å²) >= 11 is 0. The Hall–Kier alpha value is -1.88. The lowest BCUT2D eigenvalue weighted by Crippen LogP contribution is -2.29. The standard InChI is InChI=1S/C16H21NO4/c1-21-10-11-3-2-4-14(9-11)17-15(18)12-5-7-13(8-6-12)16(19)20/h2-4,9,12-13H,5-8,10H2,1H3,(H,17,18)(H,19,20). The van der Waals surface area contributed by atoms with Crippen molar-refractivity contribution in [3.05, 3.63) is 29.8 Å². The molecule has 2 rings (SSSR count). The molecule has 0 heterocycles. The van der Waals surface area contributed by atoms with Gasteiger partial charge in [-0.25, -0.2) is 0 Å². The maximum Gasteiger partial charge on any atom is 0.306 e. The first-order valence-electron chi connectivity index (χ1n) is 7.21. The average molecular weight is 291 g/mol. The Morgan fingerprint density at radius 3 is 2.52 bits per heavy atom. The van der Waals surface area contributed by atoms with Crippen LogP contribution >= 0.6 is 0 Å². The molecular weight excluding hydrogens is 270 g/mol. The van der Waals surface area contributed by atoms with E-state index in [1.807, 2.05) is 24.3 Å². The third-order valence-electron chi connectivity index (χ3n) is 3.95. The maximum absolute atomic E-state index is 12.2. The van der Waals surface area contributed by atoms with Gasteiger partial charge in [0, 0.05) is 18.7 Å². The summed E-state index contributed by atoms with van der Waals surface area (Å²) < 4.78 is 5.07. The SMILES string of the molecule is COCc1cccc(NC(=O)C2CCC(C(=O)O)CC2)c1. The molecule has 1 saturated carbocycles. The minimum atomic E-state index is -0.749. The van der Waals surface area contributed by atoms with Gasteiger partial charge in [-0.15, -0.1) is 0 Å². The van der Waals surface area contributed by atoms with Crippen LogP contribution in [0.2, 0.25) is 0 Å². The Morgan fingerprint density at radius 1 is 1.24 bits per heavy atom. The van der Waals surface area contributed by atoms with Gasteiger partial charge >= 0.3 is 5.97 Å². The Balaban J connectivity index is 1.90. The van der Waals surface area contributed by atoms with Gasteiger partial charge in [0.05, 0.1) is 12.5 Å². The molecule has 1 aromatic rings. The fourth-order valence-electron chi connectivity index (χ4n) is 2.75. The van der Waals surface area contributed by atoms with Gasteiger partial charge in [-0.1, -0.05) is 12.1 Å². The van der Waals surface area contributed by atoms with Gasteiger partial charge in [0.25, 0.3) is 0 Å². The van der Waals surface area contributed by atoms with E-state index >= 15 is 0 Å². The van der Waals surface area contributed by atoms with Crippen molar-refractivity contribution in [2.45, 2.75) is 32.3 Å². The molecule has 0 saturated heterocycles. The van der Waals surface area contributed by atoms with E-state index in [0.717, 1.165) is 11.3 Å². The van der Waals surface area contributed by atoms with Gasteiger partial charge in [-0.05, 0) is 43.4 Å². The topological polar surface area (TPSA) is 75.6 Å². The van der Waals surface area contributed by atoms with E-state index < -0.39 is 5.97 Å². The number of aliphatic carboxylic acids is 1. The van der Waals surface area contributed by atoms with Crippen molar-refractivity contribution in [3.63, 3.8) is 0 Å². The number of hydrogen-bond acceptors (Lipinski definition) is 3. The van der Waals surface area contributed by atoms with E-state index in [2.05, 4.69) is 5.32 Å². The second-order valence-electron chi connectivity index (χ2n) is 5.51. The summed E-state index contributed by atoms with van der Waals surface area (Å²) in [5.74, 6) is -1.15.